The van der Waals surface area contributed by atoms with Crippen molar-refractivity contribution in [1.82, 2.24) is 0 Å². The third-order valence-electron chi connectivity index (χ3n) is 2.79. The van der Waals surface area contributed by atoms with Gasteiger partial charge in [-0.05, 0) is 36.6 Å². The molecular weight excluding hydrogens is 230 g/mol. The molecule has 2 amide bonds. The number of carbonyl (C=O) groups excluding carboxylic acids is 2. The summed E-state index contributed by atoms with van der Waals surface area (Å²) in [5.41, 5.74) is 12.8. The number of primary amides is 1. The predicted molar refractivity (Wildman–Crippen MR) is 71.1 cm³/mol. The van der Waals surface area contributed by atoms with Gasteiger partial charge in [0.1, 0.15) is 0 Å². The quantitative estimate of drug-likeness (QED) is 0.742. The fourth-order valence-electron chi connectivity index (χ4n) is 1.48. The molecule has 5 heteroatoms. The van der Waals surface area contributed by atoms with Crippen molar-refractivity contribution in [2.75, 3.05) is 5.32 Å². The molecule has 0 heterocycles. The number of hydrogen-bond acceptors (Lipinski definition) is 3. The van der Waals surface area contributed by atoms with Crippen LogP contribution in [0.3, 0.4) is 0 Å². The zero-order chi connectivity index (χ0) is 13.9. The standard InChI is InChI=1S/C13H19N3O2/c1-7(2)11(14)13(18)16-10-5-4-9(12(15)17)6-8(10)3/h4-7,11H,14H2,1-3H3,(H2,15,17)(H,16,18). The molecule has 0 aromatic heterocycles. The minimum atomic E-state index is -0.555. The first kappa shape index (κ1) is 14.2. The number of carbonyl (C=O) groups is 2. The van der Waals surface area contributed by atoms with Crippen molar-refractivity contribution in [1.29, 1.82) is 0 Å². The van der Waals surface area contributed by atoms with E-state index in [4.69, 9.17) is 11.5 Å². The lowest BCUT2D eigenvalue weighted by molar-refractivity contribution is -0.118. The lowest BCUT2D eigenvalue weighted by atomic mass is 10.0. The summed E-state index contributed by atoms with van der Waals surface area (Å²) in [5, 5.41) is 2.74. The third kappa shape index (κ3) is 3.30. The fraction of sp³-hybridized carbons (Fsp3) is 0.385. The van der Waals surface area contributed by atoms with E-state index in [0.717, 1.165) is 5.56 Å². The Morgan fingerprint density at radius 2 is 1.89 bits per heavy atom. The van der Waals surface area contributed by atoms with Gasteiger partial charge in [-0.1, -0.05) is 13.8 Å². The first-order valence-electron chi connectivity index (χ1n) is 5.79. The molecule has 5 N–H and O–H groups in total. The average molecular weight is 249 g/mol. The second-order valence-electron chi connectivity index (χ2n) is 4.65. The van der Waals surface area contributed by atoms with Crippen molar-refractivity contribution in [3.8, 4) is 0 Å². The van der Waals surface area contributed by atoms with Gasteiger partial charge < -0.3 is 16.8 Å². The molecule has 0 saturated carbocycles. The number of aryl methyl sites for hydroxylation is 1. The van der Waals surface area contributed by atoms with Gasteiger partial charge in [-0.2, -0.15) is 0 Å². The number of hydrogen-bond donors (Lipinski definition) is 3. The lowest BCUT2D eigenvalue weighted by Crippen LogP contribution is -2.39. The molecule has 0 aliphatic rings. The van der Waals surface area contributed by atoms with Gasteiger partial charge in [0.2, 0.25) is 11.8 Å². The normalized spacial score (nSPS) is 12.3. The average Bonchev–Trinajstić information content (AvgIpc) is 2.30. The molecule has 1 aromatic rings. The summed E-state index contributed by atoms with van der Waals surface area (Å²) in [7, 11) is 0. The van der Waals surface area contributed by atoms with Crippen LogP contribution in [0.4, 0.5) is 5.69 Å². The Morgan fingerprint density at radius 3 is 2.33 bits per heavy atom. The number of rotatable bonds is 4. The van der Waals surface area contributed by atoms with Crippen LogP contribution in [0.25, 0.3) is 0 Å². The van der Waals surface area contributed by atoms with Gasteiger partial charge in [-0.15, -0.1) is 0 Å². The molecule has 1 unspecified atom stereocenters. The van der Waals surface area contributed by atoms with E-state index in [-0.39, 0.29) is 11.8 Å². The smallest absolute Gasteiger partial charge is 0.248 e. The van der Waals surface area contributed by atoms with Crippen LogP contribution in [0.2, 0.25) is 0 Å². The van der Waals surface area contributed by atoms with Crippen LogP contribution < -0.4 is 16.8 Å². The van der Waals surface area contributed by atoms with Crippen molar-refractivity contribution in [2.24, 2.45) is 17.4 Å². The van der Waals surface area contributed by atoms with Gasteiger partial charge in [0.05, 0.1) is 6.04 Å². The molecule has 0 spiro atoms. The monoisotopic (exact) mass is 249 g/mol. The molecule has 1 rings (SSSR count). The number of benzene rings is 1. The van der Waals surface area contributed by atoms with Gasteiger partial charge in [0.15, 0.2) is 0 Å². The summed E-state index contributed by atoms with van der Waals surface area (Å²) in [5.74, 6) is -0.662. The zero-order valence-electron chi connectivity index (χ0n) is 10.9. The second kappa shape index (κ2) is 5.64. The van der Waals surface area contributed by atoms with Gasteiger partial charge in [0, 0.05) is 11.3 Å². The summed E-state index contributed by atoms with van der Waals surface area (Å²) in [6, 6.07) is 4.31. The highest BCUT2D eigenvalue weighted by Gasteiger charge is 2.17. The molecule has 0 radical (unpaired) electrons. The van der Waals surface area contributed by atoms with Crippen LogP contribution in [-0.2, 0) is 4.79 Å². The maximum Gasteiger partial charge on any atom is 0.248 e. The van der Waals surface area contributed by atoms with Crippen LogP contribution >= 0.6 is 0 Å². The largest absolute Gasteiger partial charge is 0.366 e. The molecule has 5 nitrogen and oxygen atoms in total. The molecule has 18 heavy (non-hydrogen) atoms. The van der Waals surface area contributed by atoms with Crippen LogP contribution in [0.1, 0.15) is 29.8 Å². The van der Waals surface area contributed by atoms with Crippen LogP contribution in [0.5, 0.6) is 0 Å². The molecule has 0 saturated heterocycles. The van der Waals surface area contributed by atoms with E-state index in [2.05, 4.69) is 5.32 Å². The summed E-state index contributed by atoms with van der Waals surface area (Å²) in [6.07, 6.45) is 0. The van der Waals surface area contributed by atoms with E-state index < -0.39 is 11.9 Å². The van der Waals surface area contributed by atoms with Crippen LogP contribution in [0.15, 0.2) is 18.2 Å². The Balaban J connectivity index is 2.86. The molecule has 0 fully saturated rings. The summed E-state index contributed by atoms with van der Waals surface area (Å²) in [4.78, 5) is 22.8. The van der Waals surface area contributed by atoms with Crippen molar-refractivity contribution in [3.05, 3.63) is 29.3 Å². The first-order chi connectivity index (χ1) is 8.32. The molecule has 0 aliphatic carbocycles. The molecule has 0 aliphatic heterocycles. The molecule has 98 valence electrons. The van der Waals surface area contributed by atoms with E-state index >= 15 is 0 Å². The van der Waals surface area contributed by atoms with Gasteiger partial charge in [-0.3, -0.25) is 9.59 Å². The Labute approximate surface area is 107 Å². The van der Waals surface area contributed by atoms with Crippen molar-refractivity contribution in [3.63, 3.8) is 0 Å². The Morgan fingerprint density at radius 1 is 1.28 bits per heavy atom. The van der Waals surface area contributed by atoms with Crippen LogP contribution in [-0.4, -0.2) is 17.9 Å². The van der Waals surface area contributed by atoms with E-state index in [1.807, 2.05) is 13.8 Å². The Hall–Kier alpha value is -1.88. The minimum absolute atomic E-state index is 0.0650. The molecular formula is C13H19N3O2. The molecule has 1 atom stereocenters. The topological polar surface area (TPSA) is 98.2 Å². The van der Waals surface area contributed by atoms with Gasteiger partial charge in [-0.25, -0.2) is 0 Å². The Bertz CT molecular complexity index is 469. The Kier molecular flexibility index (Phi) is 4.44. The molecule has 0 bridgehead atoms. The van der Waals surface area contributed by atoms with E-state index in [0.29, 0.717) is 11.3 Å². The highest BCUT2D eigenvalue weighted by Crippen LogP contribution is 2.17. The third-order valence-corrected chi connectivity index (χ3v) is 2.79. The summed E-state index contributed by atoms with van der Waals surface area (Å²) < 4.78 is 0. The highest BCUT2D eigenvalue weighted by atomic mass is 16.2. The lowest BCUT2D eigenvalue weighted by Gasteiger charge is -2.16. The predicted octanol–water partition coefficient (Wildman–Crippen LogP) is 1.02. The van der Waals surface area contributed by atoms with E-state index in [1.54, 1.807) is 25.1 Å². The number of anilines is 1. The maximum atomic E-state index is 11.8. The van der Waals surface area contributed by atoms with Crippen molar-refractivity contribution < 1.29 is 9.59 Å². The van der Waals surface area contributed by atoms with Gasteiger partial charge in [0.25, 0.3) is 0 Å². The number of nitrogens with one attached hydrogen (secondary N) is 1. The highest BCUT2D eigenvalue weighted by molar-refractivity contribution is 5.97. The summed E-state index contributed by atoms with van der Waals surface area (Å²) in [6.45, 7) is 5.56. The van der Waals surface area contributed by atoms with Crippen molar-refractivity contribution in [2.45, 2.75) is 26.8 Å². The SMILES string of the molecule is Cc1cc(C(N)=O)ccc1NC(=O)C(N)C(C)C. The number of nitrogens with two attached hydrogens (primary N) is 2. The van der Waals surface area contributed by atoms with Gasteiger partial charge >= 0.3 is 0 Å². The second-order valence-corrected chi connectivity index (χ2v) is 4.65. The van der Waals surface area contributed by atoms with Crippen LogP contribution in [0, 0.1) is 12.8 Å². The zero-order valence-corrected chi connectivity index (χ0v) is 10.9. The van der Waals surface area contributed by atoms with Crippen molar-refractivity contribution >= 4 is 17.5 Å². The first-order valence-corrected chi connectivity index (χ1v) is 5.79. The van der Waals surface area contributed by atoms with E-state index in [9.17, 15) is 9.59 Å². The minimum Gasteiger partial charge on any atom is -0.366 e. The summed E-state index contributed by atoms with van der Waals surface area (Å²) >= 11 is 0. The fourth-order valence-corrected chi connectivity index (χ4v) is 1.48. The number of amides is 2. The van der Waals surface area contributed by atoms with E-state index in [1.165, 1.54) is 0 Å². The molecule has 1 aromatic carbocycles. The maximum absolute atomic E-state index is 11.8.